The van der Waals surface area contributed by atoms with Gasteiger partial charge in [0.25, 0.3) is 0 Å². The Bertz CT molecular complexity index is 68.1. The van der Waals surface area contributed by atoms with Crippen LogP contribution in [-0.2, 0) is 0 Å². The Balaban J connectivity index is 0. The fourth-order valence-electron chi connectivity index (χ4n) is 0.154. The molecule has 0 aromatic carbocycles. The first-order valence-electron chi connectivity index (χ1n) is 3.17. The van der Waals surface area contributed by atoms with E-state index in [-0.39, 0.29) is 37.5 Å². The lowest BCUT2D eigenvalue weighted by molar-refractivity contribution is 1.75. The van der Waals surface area contributed by atoms with Gasteiger partial charge in [-0.15, -0.1) is 34.4 Å². The zero-order chi connectivity index (χ0) is 8.24. The van der Waals surface area contributed by atoms with Crippen molar-refractivity contribution in [3.8, 4) is 0 Å². The predicted molar refractivity (Wildman–Crippen MR) is 56.3 cm³/mol. The van der Waals surface area contributed by atoms with E-state index in [1.54, 1.807) is 0 Å². The Morgan fingerprint density at radius 3 is 1.80 bits per heavy atom. The van der Waals surface area contributed by atoms with Crippen molar-refractivity contribution in [2.24, 2.45) is 0 Å². The number of hydrogen-bond acceptors (Lipinski definition) is 0. The molecule has 0 spiro atoms. The van der Waals surface area contributed by atoms with Gasteiger partial charge in [-0.25, -0.2) is 0 Å². The fourth-order valence-corrected chi connectivity index (χ4v) is 1.90. The number of allylic oxidation sites excluding steroid dienone is 2. The number of hydrogen-bond donors (Lipinski definition) is 0. The highest BCUT2D eigenvalue weighted by atomic mass is 79.9. The summed E-state index contributed by atoms with van der Waals surface area (Å²) < 4.78 is 2.27. The van der Waals surface area contributed by atoms with Crippen molar-refractivity contribution in [1.82, 2.24) is 0 Å². The first-order chi connectivity index (χ1) is 4.83. The van der Waals surface area contributed by atoms with Gasteiger partial charge in [0.15, 0.2) is 0 Å². The summed E-state index contributed by atoms with van der Waals surface area (Å²) in [7, 11) is 5.37. The minimum absolute atomic E-state index is 0.108. The summed E-state index contributed by atoms with van der Waals surface area (Å²) in [5.41, 5.74) is 0. The Hall–Kier alpha value is 1.78. The molecule has 0 unspecified atom stereocenters. The third kappa shape index (κ3) is 22.6. The molecular formula is C6H10BrClMg2. The van der Waals surface area contributed by atoms with Crippen LogP contribution in [0.2, 0.25) is 9.10 Å². The van der Waals surface area contributed by atoms with Crippen molar-refractivity contribution in [2.75, 3.05) is 0 Å². The highest BCUT2D eigenvalue weighted by Crippen LogP contribution is 1.82. The van der Waals surface area contributed by atoms with Crippen molar-refractivity contribution in [3.63, 3.8) is 0 Å². The van der Waals surface area contributed by atoms with Crippen molar-refractivity contribution in [3.05, 3.63) is 25.3 Å². The SMILES string of the molecule is C=C[CH2][Mg][Br].C=C[CH2][Mg][Cl]. The molecule has 0 amide bonds. The lowest BCUT2D eigenvalue weighted by Crippen LogP contribution is -1.64. The lowest BCUT2D eigenvalue weighted by atomic mass is 10.8. The predicted octanol–water partition coefficient (Wildman–Crippen LogP) is 3.05. The van der Waals surface area contributed by atoms with E-state index in [1.165, 1.54) is 4.55 Å². The Morgan fingerprint density at radius 1 is 1.30 bits per heavy atom. The molecule has 0 aromatic heterocycles. The molecule has 0 heterocycles. The van der Waals surface area contributed by atoms with Gasteiger partial charge in [0.1, 0.15) is 0 Å². The van der Waals surface area contributed by atoms with Gasteiger partial charge in [-0.1, -0.05) is 0 Å². The molecule has 52 valence electrons. The molecule has 0 N–H and O–H groups in total. The minimum atomic E-state index is -0.232. The second kappa shape index (κ2) is 17.0. The van der Waals surface area contributed by atoms with Crippen LogP contribution in [-0.4, -0.2) is 37.5 Å². The normalized spacial score (nSPS) is 5.80. The molecule has 0 aliphatic heterocycles. The molecule has 0 nitrogen and oxygen atoms in total. The number of halogens is 2. The van der Waals surface area contributed by atoms with E-state index >= 15 is 0 Å². The molecule has 10 heavy (non-hydrogen) atoms. The Labute approximate surface area is 92.6 Å². The smallest absolute Gasteiger partial charge is 0.346 e. The van der Waals surface area contributed by atoms with Crippen molar-refractivity contribution >= 4 is 59.4 Å². The summed E-state index contributed by atoms with van der Waals surface area (Å²) in [6, 6.07) is 0. The van der Waals surface area contributed by atoms with Crippen LogP contribution in [0.1, 0.15) is 0 Å². The van der Waals surface area contributed by atoms with Gasteiger partial charge in [-0.2, -0.15) is 0 Å². The van der Waals surface area contributed by atoms with Gasteiger partial charge in [0.05, 0.1) is 0 Å². The summed E-state index contributed by atoms with van der Waals surface area (Å²) in [6.45, 7) is 7.06. The summed E-state index contributed by atoms with van der Waals surface area (Å²) >= 11 is 3.25. The van der Waals surface area contributed by atoms with Gasteiger partial charge >= 0.3 is 37.5 Å². The average molecular weight is 246 g/mol. The lowest BCUT2D eigenvalue weighted by Gasteiger charge is -1.65. The van der Waals surface area contributed by atoms with E-state index in [4.69, 9.17) is 9.07 Å². The van der Waals surface area contributed by atoms with Crippen LogP contribution >= 0.6 is 22.0 Å². The molecule has 0 bridgehead atoms. The van der Waals surface area contributed by atoms with Gasteiger partial charge < -0.3 is 22.0 Å². The van der Waals surface area contributed by atoms with Crippen molar-refractivity contribution in [1.29, 1.82) is 0 Å². The van der Waals surface area contributed by atoms with E-state index in [1.807, 2.05) is 12.2 Å². The van der Waals surface area contributed by atoms with Gasteiger partial charge in [0.2, 0.25) is 0 Å². The van der Waals surface area contributed by atoms with Gasteiger partial charge in [0, 0.05) is 0 Å². The molecule has 0 saturated carbocycles. The second-order valence-electron chi connectivity index (χ2n) is 1.53. The summed E-state index contributed by atoms with van der Waals surface area (Å²) in [4.78, 5) is 0. The zero-order valence-corrected chi connectivity index (χ0v) is 11.3. The van der Waals surface area contributed by atoms with Crippen LogP contribution in [0, 0.1) is 0 Å². The largest absolute Gasteiger partial charge is 0.504 e. The maximum Gasteiger partial charge on any atom is 0.504 e. The first kappa shape index (κ1) is 14.3. The van der Waals surface area contributed by atoms with Crippen LogP contribution in [0.5, 0.6) is 0 Å². The molecule has 0 radical (unpaired) electrons. The third-order valence-electron chi connectivity index (χ3n) is 0.626. The summed E-state index contributed by atoms with van der Waals surface area (Å²) in [6.07, 6.45) is 3.81. The van der Waals surface area contributed by atoms with Crippen LogP contribution in [0.25, 0.3) is 0 Å². The summed E-state index contributed by atoms with van der Waals surface area (Å²) in [5, 5.41) is 0. The molecule has 4 heteroatoms. The molecule has 0 aliphatic carbocycles. The van der Waals surface area contributed by atoms with Crippen molar-refractivity contribution in [2.45, 2.75) is 9.10 Å². The fraction of sp³-hybridized carbons (Fsp3) is 0.333. The molecule has 0 rings (SSSR count). The average Bonchev–Trinajstić information content (AvgIpc) is 1.93. The number of rotatable bonds is 4. The monoisotopic (exact) mass is 244 g/mol. The molecule has 0 aliphatic rings. The van der Waals surface area contributed by atoms with Crippen LogP contribution < -0.4 is 0 Å². The van der Waals surface area contributed by atoms with Gasteiger partial charge in [-0.05, 0) is 0 Å². The molecule has 0 saturated heterocycles. The van der Waals surface area contributed by atoms with Crippen LogP contribution in [0.3, 0.4) is 0 Å². The summed E-state index contributed by atoms with van der Waals surface area (Å²) in [5.74, 6) is 0. The quantitative estimate of drug-likeness (QED) is 0.528. The van der Waals surface area contributed by atoms with Crippen molar-refractivity contribution < 1.29 is 0 Å². The highest BCUT2D eigenvalue weighted by Gasteiger charge is 1.77. The maximum atomic E-state index is 5.37. The van der Waals surface area contributed by atoms with Crippen LogP contribution in [0.4, 0.5) is 0 Å². The van der Waals surface area contributed by atoms with E-state index in [9.17, 15) is 0 Å². The van der Waals surface area contributed by atoms with Gasteiger partial charge in [-0.3, -0.25) is 0 Å². The Morgan fingerprint density at radius 2 is 1.80 bits per heavy atom. The first-order valence-corrected chi connectivity index (χ1v) is 11.2. The van der Waals surface area contributed by atoms with Crippen LogP contribution in [0.15, 0.2) is 25.3 Å². The molecule has 0 fully saturated rings. The molecular weight excluding hydrogens is 236 g/mol. The standard InChI is InChI=1S/2C3H5.BrH.ClH.2Mg/c2*1-3-2;;;;/h2*3H,1-2H2;2*1H;;/q;;;;2*+1/p-2. The van der Waals surface area contributed by atoms with E-state index in [2.05, 4.69) is 26.0 Å². The molecule has 0 aromatic rings. The second-order valence-corrected chi connectivity index (χ2v) is 6.96. The van der Waals surface area contributed by atoms with E-state index < -0.39 is 0 Å². The molecule has 0 atom stereocenters. The maximum absolute atomic E-state index is 5.37. The Kier molecular flexibility index (Phi) is 24.4. The van der Waals surface area contributed by atoms with E-state index in [0.717, 1.165) is 4.55 Å². The zero-order valence-electron chi connectivity index (χ0n) is 6.15. The van der Waals surface area contributed by atoms with E-state index in [0.29, 0.717) is 0 Å². The third-order valence-corrected chi connectivity index (χ3v) is 3.91. The topological polar surface area (TPSA) is 0 Å². The minimum Gasteiger partial charge on any atom is -0.346 e. The highest BCUT2D eigenvalue weighted by molar-refractivity contribution is 9.23.